The molecule has 8 heteroatoms. The highest BCUT2D eigenvalue weighted by atomic mass is 32.2. The molecule has 4 atom stereocenters. The van der Waals surface area contributed by atoms with E-state index in [1.165, 1.54) is 6.42 Å². The first-order valence-corrected chi connectivity index (χ1v) is 15.1. The van der Waals surface area contributed by atoms with Crippen LogP contribution in [0.4, 0.5) is 0 Å². The molecule has 0 amide bonds. The minimum atomic E-state index is -3.82. The zero-order chi connectivity index (χ0) is 27.1. The third-order valence-electron chi connectivity index (χ3n) is 7.26. The van der Waals surface area contributed by atoms with E-state index >= 15 is 0 Å². The average Bonchev–Trinajstić information content (AvgIpc) is 2.92. The lowest BCUT2D eigenvalue weighted by molar-refractivity contribution is 0.189. The van der Waals surface area contributed by atoms with Crippen molar-refractivity contribution < 1.29 is 8.42 Å². The quantitative estimate of drug-likeness (QED) is 0.322. The van der Waals surface area contributed by atoms with Gasteiger partial charge >= 0.3 is 0 Å². The molecule has 1 aliphatic carbocycles. The third kappa shape index (κ3) is 7.20. The summed E-state index contributed by atoms with van der Waals surface area (Å²) in [6.45, 7) is 1.94. The Morgan fingerprint density at radius 1 is 0.842 bits per heavy atom. The maximum absolute atomic E-state index is 13.6. The SMILES string of the molecule is Cc1ccc(S(=O)(=O)N[C@H](c2ccccc2)[C@H](NC(=S)N[C@@H]2CCCC[C@H]2N(C)C)c2ccccc2)cc1. The fraction of sp³-hybridized carbons (Fsp3) is 0.367. The number of sulfonamides is 1. The predicted octanol–water partition coefficient (Wildman–Crippen LogP) is 5.09. The van der Waals surface area contributed by atoms with E-state index in [0.29, 0.717) is 11.2 Å². The standard InChI is InChI=1S/C30H38N4O2S2/c1-22-18-20-25(21-19-22)38(35,36)33-29(24-14-8-5-9-15-24)28(23-12-6-4-7-13-23)32-30(37)31-26-16-10-11-17-27(26)34(2)3/h4-9,12-15,18-21,26-29,33H,10-11,16-17H2,1-3H3,(H2,31,32,37)/t26-,27-,28-,29-/m1/s1. The average molecular weight is 551 g/mol. The van der Waals surface area contributed by atoms with Gasteiger partial charge in [-0.15, -0.1) is 0 Å². The van der Waals surface area contributed by atoms with Crippen LogP contribution in [0.15, 0.2) is 89.8 Å². The van der Waals surface area contributed by atoms with Gasteiger partial charge in [-0.2, -0.15) is 0 Å². The second-order valence-electron chi connectivity index (χ2n) is 10.3. The second-order valence-corrected chi connectivity index (χ2v) is 12.4. The molecule has 0 heterocycles. The van der Waals surface area contributed by atoms with Gasteiger partial charge in [-0.1, -0.05) is 91.2 Å². The number of benzene rings is 3. The van der Waals surface area contributed by atoms with Crippen LogP contribution >= 0.6 is 12.2 Å². The molecular formula is C30H38N4O2S2. The van der Waals surface area contributed by atoms with Crippen LogP contribution < -0.4 is 15.4 Å². The van der Waals surface area contributed by atoms with Gasteiger partial charge in [-0.05, 0) is 69.3 Å². The second kappa shape index (κ2) is 12.8. The van der Waals surface area contributed by atoms with Crippen molar-refractivity contribution in [2.24, 2.45) is 0 Å². The number of likely N-dealkylation sites (N-methyl/N-ethyl adjacent to an activating group) is 1. The van der Waals surface area contributed by atoms with Crippen LogP contribution in [0.5, 0.6) is 0 Å². The summed E-state index contributed by atoms with van der Waals surface area (Å²) >= 11 is 5.85. The Kier molecular flexibility index (Phi) is 9.54. The van der Waals surface area contributed by atoms with Crippen molar-refractivity contribution in [1.29, 1.82) is 0 Å². The smallest absolute Gasteiger partial charge is 0.241 e. The van der Waals surface area contributed by atoms with E-state index in [0.717, 1.165) is 36.0 Å². The number of hydrogen-bond acceptors (Lipinski definition) is 4. The maximum atomic E-state index is 13.6. The lowest BCUT2D eigenvalue weighted by atomic mass is 9.89. The predicted molar refractivity (Wildman–Crippen MR) is 158 cm³/mol. The Hall–Kier alpha value is -2.78. The van der Waals surface area contributed by atoms with Gasteiger partial charge in [0.15, 0.2) is 5.11 Å². The Labute approximate surface area is 232 Å². The van der Waals surface area contributed by atoms with Crippen LogP contribution in [-0.2, 0) is 10.0 Å². The van der Waals surface area contributed by atoms with Crippen LogP contribution in [0.2, 0.25) is 0 Å². The zero-order valence-corrected chi connectivity index (χ0v) is 23.9. The van der Waals surface area contributed by atoms with Crippen molar-refractivity contribution in [3.63, 3.8) is 0 Å². The summed E-state index contributed by atoms with van der Waals surface area (Å²) in [5, 5.41) is 7.58. The maximum Gasteiger partial charge on any atom is 0.241 e. The van der Waals surface area contributed by atoms with Crippen molar-refractivity contribution in [3.05, 3.63) is 102 Å². The lowest BCUT2D eigenvalue weighted by Gasteiger charge is -2.38. The van der Waals surface area contributed by atoms with Gasteiger partial charge in [0, 0.05) is 12.1 Å². The van der Waals surface area contributed by atoms with Gasteiger partial charge in [0.2, 0.25) is 10.0 Å². The first-order chi connectivity index (χ1) is 18.2. The third-order valence-corrected chi connectivity index (χ3v) is 8.95. The molecule has 3 N–H and O–H groups in total. The molecule has 0 aromatic heterocycles. The molecule has 1 aliphatic rings. The van der Waals surface area contributed by atoms with Crippen molar-refractivity contribution >= 4 is 27.4 Å². The van der Waals surface area contributed by atoms with Gasteiger partial charge < -0.3 is 15.5 Å². The summed E-state index contributed by atoms with van der Waals surface area (Å²) in [6.07, 6.45) is 4.54. The van der Waals surface area contributed by atoms with Crippen molar-refractivity contribution in [2.75, 3.05) is 14.1 Å². The molecule has 1 fully saturated rings. The Morgan fingerprint density at radius 3 is 1.97 bits per heavy atom. The molecule has 0 radical (unpaired) electrons. The molecule has 0 saturated heterocycles. The van der Waals surface area contributed by atoms with Crippen LogP contribution in [0.25, 0.3) is 0 Å². The first-order valence-electron chi connectivity index (χ1n) is 13.2. The van der Waals surface area contributed by atoms with E-state index in [4.69, 9.17) is 12.2 Å². The van der Waals surface area contributed by atoms with E-state index in [-0.39, 0.29) is 10.9 Å². The lowest BCUT2D eigenvalue weighted by Crippen LogP contribution is -2.54. The molecule has 4 rings (SSSR count). The fourth-order valence-corrected chi connectivity index (χ4v) is 6.73. The summed E-state index contributed by atoms with van der Waals surface area (Å²) in [5.41, 5.74) is 2.78. The largest absolute Gasteiger partial charge is 0.358 e. The monoisotopic (exact) mass is 550 g/mol. The molecule has 3 aromatic carbocycles. The van der Waals surface area contributed by atoms with Gasteiger partial charge in [0.25, 0.3) is 0 Å². The number of rotatable bonds is 9. The Morgan fingerprint density at radius 2 is 1.39 bits per heavy atom. The minimum absolute atomic E-state index is 0.229. The van der Waals surface area contributed by atoms with E-state index in [1.807, 2.05) is 79.7 Å². The first kappa shape index (κ1) is 28.2. The molecule has 0 unspecified atom stereocenters. The van der Waals surface area contributed by atoms with Gasteiger partial charge in [0.1, 0.15) is 0 Å². The van der Waals surface area contributed by atoms with Crippen molar-refractivity contribution in [1.82, 2.24) is 20.3 Å². The van der Waals surface area contributed by atoms with Crippen molar-refractivity contribution in [3.8, 4) is 0 Å². The van der Waals surface area contributed by atoms with Crippen LogP contribution in [0, 0.1) is 6.92 Å². The zero-order valence-electron chi connectivity index (χ0n) is 22.3. The topological polar surface area (TPSA) is 73.5 Å². The number of hydrogen-bond donors (Lipinski definition) is 3. The molecule has 38 heavy (non-hydrogen) atoms. The van der Waals surface area contributed by atoms with Crippen LogP contribution in [-0.4, -0.2) is 44.6 Å². The summed E-state index contributed by atoms with van der Waals surface area (Å²) in [7, 11) is 0.400. The normalized spacial score (nSPS) is 19.5. The number of nitrogens with zero attached hydrogens (tertiary/aromatic N) is 1. The Balaban J connectivity index is 1.67. The summed E-state index contributed by atoms with van der Waals surface area (Å²) in [6, 6.07) is 26.0. The molecule has 0 aliphatic heterocycles. The van der Waals surface area contributed by atoms with Crippen LogP contribution in [0.3, 0.4) is 0 Å². The Bertz CT molecular complexity index is 1280. The van der Waals surface area contributed by atoms with E-state index in [9.17, 15) is 8.42 Å². The van der Waals surface area contributed by atoms with Gasteiger partial charge in [-0.25, -0.2) is 13.1 Å². The molecule has 1 saturated carbocycles. The molecule has 6 nitrogen and oxygen atoms in total. The number of nitrogens with one attached hydrogen (secondary N) is 3. The van der Waals surface area contributed by atoms with Gasteiger partial charge in [0.05, 0.1) is 17.0 Å². The summed E-state index contributed by atoms with van der Waals surface area (Å²) in [4.78, 5) is 2.49. The highest BCUT2D eigenvalue weighted by Gasteiger charge is 2.32. The highest BCUT2D eigenvalue weighted by molar-refractivity contribution is 7.89. The van der Waals surface area contributed by atoms with Crippen molar-refractivity contribution in [2.45, 2.75) is 61.7 Å². The van der Waals surface area contributed by atoms with Gasteiger partial charge in [-0.3, -0.25) is 0 Å². The highest BCUT2D eigenvalue weighted by Crippen LogP contribution is 2.31. The fourth-order valence-electron chi connectivity index (χ4n) is 5.21. The number of aryl methyl sites for hydroxylation is 1. The van der Waals surface area contributed by atoms with E-state index < -0.39 is 22.1 Å². The van der Waals surface area contributed by atoms with E-state index in [2.05, 4.69) is 34.4 Å². The van der Waals surface area contributed by atoms with Crippen LogP contribution in [0.1, 0.15) is 54.5 Å². The molecular weight excluding hydrogens is 512 g/mol. The summed E-state index contributed by atoms with van der Waals surface area (Å²) < 4.78 is 30.2. The summed E-state index contributed by atoms with van der Waals surface area (Å²) in [5.74, 6) is 0. The van der Waals surface area contributed by atoms with E-state index in [1.54, 1.807) is 12.1 Å². The molecule has 0 bridgehead atoms. The minimum Gasteiger partial charge on any atom is -0.358 e. The molecule has 0 spiro atoms. The molecule has 3 aromatic rings. The molecule has 202 valence electrons. The number of thiocarbonyl (C=S) groups is 1.